The van der Waals surface area contributed by atoms with Crippen LogP contribution in [0.5, 0.6) is 0 Å². The topological polar surface area (TPSA) is 14.2 Å². The lowest BCUT2D eigenvalue weighted by molar-refractivity contribution is 0.584. The van der Waals surface area contributed by atoms with Crippen molar-refractivity contribution in [2.75, 3.05) is 0 Å². The summed E-state index contributed by atoms with van der Waals surface area (Å²) in [5, 5.41) is 4.19. The Balaban J connectivity index is 1.26. The van der Waals surface area contributed by atoms with Gasteiger partial charge in [-0.2, -0.15) is 0 Å². The molecule has 3 nitrogen and oxygen atoms in total. The maximum absolute atomic E-state index is 15.2. The molecule has 0 aliphatic carbocycles. The standard InChI is InChI=1S/C61H37F2N3/c1-64-55-38-61(66-58-34-45(41-18-10-4-11-19-41)24-28-52(58)53-29-25-46(35-59(53)66)42-20-12-5-13-21-42)60(37-54(55)47-30-48(62)36-49(63)31-47)65-56-32-43(39-14-6-2-7-15-39)22-26-50(56)51-27-23-44(33-57(51)65)40-16-8-3-9-17-40/h2-38H. The first-order valence-electron chi connectivity index (χ1n) is 21.9. The Kier molecular flexibility index (Phi) is 9.25. The zero-order valence-corrected chi connectivity index (χ0v) is 35.5. The first kappa shape index (κ1) is 38.8. The first-order valence-corrected chi connectivity index (χ1v) is 21.9. The molecular weight excluding hydrogens is 813 g/mol. The van der Waals surface area contributed by atoms with E-state index in [1.165, 1.54) is 12.1 Å². The van der Waals surface area contributed by atoms with Crippen molar-refractivity contribution in [2.45, 2.75) is 0 Å². The average molecular weight is 850 g/mol. The van der Waals surface area contributed by atoms with Crippen molar-refractivity contribution in [3.63, 3.8) is 0 Å². The minimum Gasteiger partial charge on any atom is -0.308 e. The Bertz CT molecular complexity index is 3670. The Morgan fingerprint density at radius 3 is 0.939 bits per heavy atom. The lowest BCUT2D eigenvalue weighted by Crippen LogP contribution is -2.05. The molecule has 0 aliphatic rings. The van der Waals surface area contributed by atoms with E-state index in [0.29, 0.717) is 5.56 Å². The third kappa shape index (κ3) is 6.55. The zero-order valence-electron chi connectivity index (χ0n) is 35.5. The normalized spacial score (nSPS) is 11.5. The van der Waals surface area contributed by atoms with Crippen LogP contribution in [0, 0.1) is 18.2 Å². The van der Waals surface area contributed by atoms with Crippen LogP contribution in [0.25, 0.3) is 115 Å². The van der Waals surface area contributed by atoms with Gasteiger partial charge in [0, 0.05) is 27.6 Å². The van der Waals surface area contributed by atoms with Gasteiger partial charge in [-0.25, -0.2) is 13.6 Å². The number of aromatic nitrogens is 2. The van der Waals surface area contributed by atoms with Crippen LogP contribution in [0.2, 0.25) is 0 Å². The molecule has 12 aromatic rings. The minimum absolute atomic E-state index is 0.267. The fourth-order valence-electron chi connectivity index (χ4n) is 9.75. The average Bonchev–Trinajstić information content (AvgIpc) is 3.87. The quantitative estimate of drug-likeness (QED) is 0.142. The van der Waals surface area contributed by atoms with Crippen LogP contribution in [-0.2, 0) is 0 Å². The number of rotatable bonds is 7. The van der Waals surface area contributed by atoms with E-state index in [1.807, 2.05) is 84.9 Å². The highest BCUT2D eigenvalue weighted by molar-refractivity contribution is 6.14. The molecule has 12 rings (SSSR count). The van der Waals surface area contributed by atoms with Gasteiger partial charge < -0.3 is 9.13 Å². The first-order chi connectivity index (χ1) is 32.5. The van der Waals surface area contributed by atoms with Crippen LogP contribution in [0.4, 0.5) is 14.5 Å². The third-order valence-electron chi connectivity index (χ3n) is 12.8. The molecule has 0 unspecified atom stereocenters. The van der Waals surface area contributed by atoms with Gasteiger partial charge in [-0.3, -0.25) is 0 Å². The van der Waals surface area contributed by atoms with E-state index in [1.54, 1.807) is 0 Å². The summed E-state index contributed by atoms with van der Waals surface area (Å²) in [7, 11) is 0. The predicted molar refractivity (Wildman–Crippen MR) is 268 cm³/mol. The molecular formula is C61H37F2N3. The molecule has 0 amide bonds. The fourth-order valence-corrected chi connectivity index (χ4v) is 9.75. The van der Waals surface area contributed by atoms with Crippen molar-refractivity contribution < 1.29 is 8.78 Å². The van der Waals surface area contributed by atoms with Crippen molar-refractivity contribution in [2.24, 2.45) is 0 Å². The van der Waals surface area contributed by atoms with E-state index in [0.717, 1.165) is 106 Å². The number of benzene rings is 10. The molecule has 0 fully saturated rings. The summed E-state index contributed by atoms with van der Waals surface area (Å²) < 4.78 is 35.0. The van der Waals surface area contributed by atoms with Crippen molar-refractivity contribution >= 4 is 49.3 Å². The second-order valence-corrected chi connectivity index (χ2v) is 16.7. The van der Waals surface area contributed by atoms with Gasteiger partial charge in [-0.1, -0.05) is 170 Å². The van der Waals surface area contributed by atoms with Gasteiger partial charge in [-0.15, -0.1) is 0 Å². The van der Waals surface area contributed by atoms with Crippen LogP contribution >= 0.6 is 0 Å². The van der Waals surface area contributed by atoms with Crippen molar-refractivity contribution in [1.29, 1.82) is 0 Å². The summed E-state index contributed by atoms with van der Waals surface area (Å²) >= 11 is 0. The summed E-state index contributed by atoms with van der Waals surface area (Å²) in [6.45, 7) is 8.66. The molecule has 0 bridgehead atoms. The highest BCUT2D eigenvalue weighted by Crippen LogP contribution is 2.45. The summed E-state index contributed by atoms with van der Waals surface area (Å²) in [4.78, 5) is 4.10. The van der Waals surface area contributed by atoms with Crippen molar-refractivity contribution in [3.8, 4) is 67.0 Å². The molecule has 2 aromatic heterocycles. The van der Waals surface area contributed by atoms with E-state index in [9.17, 15) is 0 Å². The Morgan fingerprint density at radius 1 is 0.303 bits per heavy atom. The molecule has 2 heterocycles. The number of nitrogens with zero attached hydrogens (tertiary/aromatic N) is 3. The third-order valence-corrected chi connectivity index (χ3v) is 12.8. The lowest BCUT2D eigenvalue weighted by Gasteiger charge is -2.20. The molecule has 5 heteroatoms. The van der Waals surface area contributed by atoms with E-state index >= 15 is 8.78 Å². The largest absolute Gasteiger partial charge is 0.308 e. The molecule has 0 saturated heterocycles. The summed E-state index contributed by atoms with van der Waals surface area (Å²) in [6.07, 6.45) is 0. The zero-order chi connectivity index (χ0) is 44.3. The minimum atomic E-state index is -0.715. The predicted octanol–water partition coefficient (Wildman–Crippen LogP) is 17.0. The van der Waals surface area contributed by atoms with Gasteiger partial charge in [0.2, 0.25) is 0 Å². The summed E-state index contributed by atoms with van der Waals surface area (Å²) in [5.41, 5.74) is 14.7. The lowest BCUT2D eigenvalue weighted by atomic mass is 10.0. The SMILES string of the molecule is [C-]#[N+]c1cc(-n2c3cc(-c4ccccc4)ccc3c3ccc(-c4ccccc4)cc32)c(-n2c3cc(-c4ccccc4)ccc3c3ccc(-c4ccccc4)cc32)cc1-c1cc(F)cc(F)c1. The fraction of sp³-hybridized carbons (Fsp3) is 0. The molecule has 0 aliphatic heterocycles. The van der Waals surface area contributed by atoms with Gasteiger partial charge in [0.1, 0.15) is 11.6 Å². The van der Waals surface area contributed by atoms with Gasteiger partial charge >= 0.3 is 0 Å². The van der Waals surface area contributed by atoms with Crippen LogP contribution in [0.3, 0.4) is 0 Å². The molecule has 0 radical (unpaired) electrons. The molecule has 310 valence electrons. The van der Waals surface area contributed by atoms with E-state index in [-0.39, 0.29) is 11.3 Å². The number of hydrogen-bond acceptors (Lipinski definition) is 0. The number of halogens is 2. The number of hydrogen-bond donors (Lipinski definition) is 0. The van der Waals surface area contributed by atoms with Crippen molar-refractivity contribution in [3.05, 3.63) is 248 Å². The molecule has 0 spiro atoms. The van der Waals surface area contributed by atoms with E-state index in [4.69, 9.17) is 6.57 Å². The van der Waals surface area contributed by atoms with Crippen LogP contribution in [0.15, 0.2) is 224 Å². The smallest absolute Gasteiger partial charge is 0.197 e. The monoisotopic (exact) mass is 849 g/mol. The van der Waals surface area contributed by atoms with Crippen LogP contribution in [-0.4, -0.2) is 9.13 Å². The van der Waals surface area contributed by atoms with Gasteiger partial charge in [0.25, 0.3) is 0 Å². The molecule has 10 aromatic carbocycles. The molecule has 66 heavy (non-hydrogen) atoms. The van der Waals surface area contributed by atoms with Crippen LogP contribution in [0.1, 0.15) is 0 Å². The summed E-state index contributed by atoms with van der Waals surface area (Å²) in [6, 6.07) is 75.1. The maximum atomic E-state index is 15.2. The van der Waals surface area contributed by atoms with Gasteiger partial charge in [0.05, 0.1) is 40.0 Å². The Hall–Kier alpha value is -8.85. The number of fused-ring (bicyclic) bond motifs is 6. The molecule has 0 N–H and O–H groups in total. The van der Waals surface area contributed by atoms with Crippen LogP contribution < -0.4 is 0 Å². The van der Waals surface area contributed by atoms with Gasteiger partial charge in [-0.05, 0) is 104 Å². The van der Waals surface area contributed by atoms with Gasteiger partial charge in [0.15, 0.2) is 5.69 Å². The van der Waals surface area contributed by atoms with Crippen molar-refractivity contribution in [1.82, 2.24) is 9.13 Å². The Labute approximate surface area is 380 Å². The second kappa shape index (κ2) is 15.7. The highest BCUT2D eigenvalue weighted by atomic mass is 19.1. The molecule has 0 atom stereocenters. The maximum Gasteiger partial charge on any atom is 0.197 e. The highest BCUT2D eigenvalue weighted by Gasteiger charge is 2.24. The Morgan fingerprint density at radius 2 is 0.621 bits per heavy atom. The van der Waals surface area contributed by atoms with E-state index < -0.39 is 11.6 Å². The second-order valence-electron chi connectivity index (χ2n) is 16.7. The molecule has 0 saturated carbocycles. The summed E-state index contributed by atoms with van der Waals surface area (Å²) in [5.74, 6) is -1.43. The van der Waals surface area contributed by atoms with E-state index in [2.05, 4.69) is 135 Å².